The zero-order valence-electron chi connectivity index (χ0n) is 17.7. The molecule has 0 aliphatic heterocycles. The van der Waals surface area contributed by atoms with E-state index in [4.69, 9.17) is 0 Å². The van der Waals surface area contributed by atoms with Gasteiger partial charge in [-0.05, 0) is 73.0 Å². The van der Waals surface area contributed by atoms with Crippen LogP contribution in [0.1, 0.15) is 102 Å². The second-order valence-corrected chi connectivity index (χ2v) is 9.49. The molecule has 3 atom stereocenters. The van der Waals surface area contributed by atoms with Gasteiger partial charge in [-0.15, -0.1) is 0 Å². The van der Waals surface area contributed by atoms with E-state index in [1.165, 1.54) is 69.9 Å². The lowest BCUT2D eigenvalue weighted by molar-refractivity contribution is 0.121. The molecular weight excluding hydrogens is 357 g/mol. The van der Waals surface area contributed by atoms with Crippen LogP contribution in [0.5, 0.6) is 0 Å². The number of hydrogen-bond acceptors (Lipinski definition) is 0. The Bertz CT molecular complexity index is 595. The molecule has 28 heavy (non-hydrogen) atoms. The van der Waals surface area contributed by atoms with Crippen molar-refractivity contribution in [1.29, 1.82) is 0 Å². The third-order valence-electron chi connectivity index (χ3n) is 7.78. The van der Waals surface area contributed by atoms with Gasteiger partial charge in [-0.2, -0.15) is 0 Å². The Labute approximate surface area is 169 Å². The molecule has 0 spiro atoms. The molecule has 0 nitrogen and oxygen atoms in total. The average Bonchev–Trinajstić information content (AvgIpc) is 2.72. The number of hydrogen-bond donors (Lipinski definition) is 0. The van der Waals surface area contributed by atoms with Crippen molar-refractivity contribution in [2.75, 3.05) is 0 Å². The fraction of sp³-hybridized carbons (Fsp3) is 0.760. The van der Waals surface area contributed by atoms with Gasteiger partial charge in [0.15, 0.2) is 17.5 Å². The van der Waals surface area contributed by atoms with Crippen LogP contribution in [0.15, 0.2) is 12.1 Å². The lowest BCUT2D eigenvalue weighted by Gasteiger charge is -2.42. The fourth-order valence-electron chi connectivity index (χ4n) is 6.03. The summed E-state index contributed by atoms with van der Waals surface area (Å²) in [6, 6.07) is 2.50. The lowest BCUT2D eigenvalue weighted by atomic mass is 9.63. The van der Waals surface area contributed by atoms with Crippen molar-refractivity contribution < 1.29 is 13.2 Å². The highest BCUT2D eigenvalue weighted by molar-refractivity contribution is 5.24. The van der Waals surface area contributed by atoms with Gasteiger partial charge in [0.1, 0.15) is 0 Å². The van der Waals surface area contributed by atoms with Crippen molar-refractivity contribution in [2.24, 2.45) is 23.7 Å². The molecule has 0 radical (unpaired) electrons. The largest absolute Gasteiger partial charge is 0.204 e. The van der Waals surface area contributed by atoms with Crippen molar-refractivity contribution in [1.82, 2.24) is 0 Å². The van der Waals surface area contributed by atoms with Crippen LogP contribution >= 0.6 is 0 Å². The normalized spacial score (nSPS) is 29.6. The van der Waals surface area contributed by atoms with E-state index in [9.17, 15) is 13.2 Å². The molecule has 0 saturated heterocycles. The van der Waals surface area contributed by atoms with Crippen LogP contribution in [0.2, 0.25) is 0 Å². The van der Waals surface area contributed by atoms with E-state index in [1.54, 1.807) is 0 Å². The SMILES string of the molecule is CCCCCC1CCC(C(C)C2CCCCC2c2cc(F)c(F)c(F)c2)CC1. The molecule has 3 heteroatoms. The minimum absolute atomic E-state index is 0.163. The Hall–Kier alpha value is -0.990. The Morgan fingerprint density at radius 2 is 1.54 bits per heavy atom. The molecule has 2 saturated carbocycles. The monoisotopic (exact) mass is 394 g/mol. The topological polar surface area (TPSA) is 0 Å². The first-order chi connectivity index (χ1) is 13.5. The Morgan fingerprint density at radius 3 is 2.18 bits per heavy atom. The molecule has 0 aromatic heterocycles. The van der Waals surface area contributed by atoms with Crippen molar-refractivity contribution in [2.45, 2.75) is 96.8 Å². The maximum absolute atomic E-state index is 13.8. The third kappa shape index (κ3) is 5.13. The summed E-state index contributed by atoms with van der Waals surface area (Å²) < 4.78 is 41.1. The van der Waals surface area contributed by atoms with Crippen LogP contribution in [0.4, 0.5) is 13.2 Å². The third-order valence-corrected chi connectivity index (χ3v) is 7.78. The molecule has 3 rings (SSSR count). The van der Waals surface area contributed by atoms with Crippen LogP contribution in [0.3, 0.4) is 0 Å². The fourth-order valence-corrected chi connectivity index (χ4v) is 6.03. The highest BCUT2D eigenvalue weighted by Gasteiger charge is 2.36. The molecule has 2 aliphatic rings. The molecule has 158 valence electrons. The first-order valence-electron chi connectivity index (χ1n) is 11.7. The molecule has 2 aliphatic carbocycles. The van der Waals surface area contributed by atoms with Gasteiger partial charge in [-0.25, -0.2) is 13.2 Å². The van der Waals surface area contributed by atoms with E-state index in [0.717, 1.165) is 31.1 Å². The average molecular weight is 395 g/mol. The minimum Gasteiger partial charge on any atom is -0.204 e. The minimum atomic E-state index is -1.34. The van der Waals surface area contributed by atoms with Crippen LogP contribution in [0, 0.1) is 41.1 Å². The number of rotatable bonds is 7. The van der Waals surface area contributed by atoms with Crippen LogP contribution < -0.4 is 0 Å². The Morgan fingerprint density at radius 1 is 0.893 bits per heavy atom. The number of benzene rings is 1. The summed E-state index contributed by atoms with van der Waals surface area (Å²) >= 11 is 0. The summed E-state index contributed by atoms with van der Waals surface area (Å²) in [4.78, 5) is 0. The highest BCUT2D eigenvalue weighted by atomic mass is 19.2. The van der Waals surface area contributed by atoms with E-state index in [1.807, 2.05) is 0 Å². The summed E-state index contributed by atoms with van der Waals surface area (Å²) in [5.41, 5.74) is 0.668. The summed E-state index contributed by atoms with van der Waals surface area (Å²) in [6.45, 7) is 4.62. The van der Waals surface area contributed by atoms with Gasteiger partial charge in [-0.3, -0.25) is 0 Å². The van der Waals surface area contributed by atoms with Crippen molar-refractivity contribution in [3.05, 3.63) is 35.1 Å². The van der Waals surface area contributed by atoms with Gasteiger partial charge in [0, 0.05) is 0 Å². The van der Waals surface area contributed by atoms with Crippen LogP contribution in [0.25, 0.3) is 0 Å². The molecule has 3 unspecified atom stereocenters. The van der Waals surface area contributed by atoms with E-state index in [2.05, 4.69) is 13.8 Å². The standard InChI is InChI=1S/C25H37F3/c1-3-4-5-8-18-11-13-19(14-12-18)17(2)21-9-6-7-10-22(21)20-15-23(26)25(28)24(27)16-20/h15-19,21-22H,3-14H2,1-2H3. The lowest BCUT2D eigenvalue weighted by Crippen LogP contribution is -2.31. The van der Waals surface area contributed by atoms with Crippen LogP contribution in [-0.2, 0) is 0 Å². The Balaban J connectivity index is 1.64. The maximum atomic E-state index is 13.8. The molecule has 1 aromatic carbocycles. The zero-order valence-corrected chi connectivity index (χ0v) is 17.7. The highest BCUT2D eigenvalue weighted by Crippen LogP contribution is 2.47. The van der Waals surface area contributed by atoms with E-state index < -0.39 is 17.5 Å². The summed E-state index contributed by atoms with van der Waals surface area (Å²) in [5, 5.41) is 0. The van der Waals surface area contributed by atoms with E-state index in [0.29, 0.717) is 17.4 Å². The second-order valence-electron chi connectivity index (χ2n) is 9.49. The quantitative estimate of drug-likeness (QED) is 0.322. The molecule has 2 fully saturated rings. The first-order valence-corrected chi connectivity index (χ1v) is 11.7. The van der Waals surface area contributed by atoms with Gasteiger partial charge in [0.25, 0.3) is 0 Å². The van der Waals surface area contributed by atoms with Crippen LogP contribution in [-0.4, -0.2) is 0 Å². The van der Waals surface area contributed by atoms with Gasteiger partial charge in [0.2, 0.25) is 0 Å². The van der Waals surface area contributed by atoms with Gasteiger partial charge < -0.3 is 0 Å². The maximum Gasteiger partial charge on any atom is 0.194 e. The van der Waals surface area contributed by atoms with E-state index in [-0.39, 0.29) is 5.92 Å². The summed E-state index contributed by atoms with van der Waals surface area (Å²) in [6.07, 6.45) is 15.1. The molecular formula is C25H37F3. The molecule has 0 amide bonds. The zero-order chi connectivity index (χ0) is 20.1. The predicted molar refractivity (Wildman–Crippen MR) is 110 cm³/mol. The van der Waals surface area contributed by atoms with Gasteiger partial charge in [-0.1, -0.05) is 65.2 Å². The number of unbranched alkanes of at least 4 members (excludes halogenated alkanes) is 2. The Kier molecular flexibility index (Phi) is 7.88. The second kappa shape index (κ2) is 10.2. The summed E-state index contributed by atoms with van der Waals surface area (Å²) in [5.74, 6) is -0.612. The molecule has 0 bridgehead atoms. The van der Waals surface area contributed by atoms with Gasteiger partial charge in [0.05, 0.1) is 0 Å². The van der Waals surface area contributed by atoms with Crippen molar-refractivity contribution >= 4 is 0 Å². The molecule has 1 aromatic rings. The first kappa shape index (κ1) is 21.7. The predicted octanol–water partition coefficient (Wildman–Crippen LogP) is 8.40. The summed E-state index contributed by atoms with van der Waals surface area (Å²) in [7, 11) is 0. The smallest absolute Gasteiger partial charge is 0.194 e. The number of halogens is 3. The molecule has 0 N–H and O–H groups in total. The van der Waals surface area contributed by atoms with Crippen molar-refractivity contribution in [3.63, 3.8) is 0 Å². The van der Waals surface area contributed by atoms with E-state index >= 15 is 0 Å². The van der Waals surface area contributed by atoms with Gasteiger partial charge >= 0.3 is 0 Å². The van der Waals surface area contributed by atoms with Crippen molar-refractivity contribution in [3.8, 4) is 0 Å². The molecule has 0 heterocycles.